The molecule has 5 heteroatoms. The Hall–Kier alpha value is -1.59. The summed E-state index contributed by atoms with van der Waals surface area (Å²) in [5.74, 6) is 0. The summed E-state index contributed by atoms with van der Waals surface area (Å²) in [7, 11) is -3.50. The van der Waals surface area contributed by atoms with Crippen molar-refractivity contribution in [1.82, 2.24) is 9.29 Å². The number of hydrogen-bond acceptors (Lipinski definition) is 2. The molecule has 1 saturated carbocycles. The van der Waals surface area contributed by atoms with Gasteiger partial charge in [-0.25, -0.2) is 13.1 Å². The third kappa shape index (κ3) is 3.21. The number of aromatic nitrogens is 1. The summed E-state index contributed by atoms with van der Waals surface area (Å²) in [6.07, 6.45) is 2.45. The summed E-state index contributed by atoms with van der Waals surface area (Å²) in [6.45, 7) is 8.23. The van der Waals surface area contributed by atoms with Gasteiger partial charge in [0.05, 0.1) is 4.90 Å². The standard InChI is InChI=1S/C18H24N2O2S/c1-12-5-6-13(2)18(9-12)23(21,22)19-11-16-10-14(3)20(15(16)4)17-7-8-17/h5-6,9-10,17,19H,7-8,11H2,1-4H3. The van der Waals surface area contributed by atoms with E-state index in [2.05, 4.69) is 29.2 Å². The van der Waals surface area contributed by atoms with E-state index in [1.807, 2.05) is 26.0 Å². The third-order valence-electron chi connectivity index (χ3n) is 4.59. The van der Waals surface area contributed by atoms with Crippen LogP contribution in [0.15, 0.2) is 29.2 Å². The Bertz CT molecular complexity index is 846. The molecular weight excluding hydrogens is 308 g/mol. The van der Waals surface area contributed by atoms with Crippen molar-refractivity contribution in [2.45, 2.75) is 58.0 Å². The maximum Gasteiger partial charge on any atom is 0.241 e. The van der Waals surface area contributed by atoms with E-state index in [0.29, 0.717) is 17.5 Å². The highest BCUT2D eigenvalue weighted by molar-refractivity contribution is 7.89. The highest BCUT2D eigenvalue weighted by Crippen LogP contribution is 2.38. The average Bonchev–Trinajstić information content (AvgIpc) is 3.26. The molecule has 23 heavy (non-hydrogen) atoms. The van der Waals surface area contributed by atoms with Gasteiger partial charge in [0.15, 0.2) is 0 Å². The SMILES string of the molecule is Cc1ccc(C)c(S(=O)(=O)NCc2cc(C)n(C3CC3)c2C)c1. The monoisotopic (exact) mass is 332 g/mol. The van der Waals surface area contributed by atoms with Gasteiger partial charge in [0.2, 0.25) is 10.0 Å². The van der Waals surface area contributed by atoms with Crippen molar-refractivity contribution in [3.63, 3.8) is 0 Å². The Morgan fingerprint density at radius 2 is 1.83 bits per heavy atom. The fourth-order valence-corrected chi connectivity index (χ4v) is 4.50. The summed E-state index contributed by atoms with van der Waals surface area (Å²) in [4.78, 5) is 0.369. The number of rotatable bonds is 5. The fraction of sp³-hybridized carbons (Fsp3) is 0.444. The Balaban J connectivity index is 1.82. The number of hydrogen-bond donors (Lipinski definition) is 1. The first-order chi connectivity index (χ1) is 10.8. The molecular formula is C18H24N2O2S. The lowest BCUT2D eigenvalue weighted by molar-refractivity contribution is 0.580. The molecule has 0 amide bonds. The number of benzene rings is 1. The first-order valence-electron chi connectivity index (χ1n) is 8.04. The van der Waals surface area contributed by atoms with Crippen LogP contribution in [0.2, 0.25) is 0 Å². The Kier molecular flexibility index (Phi) is 4.10. The highest BCUT2D eigenvalue weighted by atomic mass is 32.2. The number of nitrogens with one attached hydrogen (secondary N) is 1. The van der Waals surface area contributed by atoms with E-state index in [0.717, 1.165) is 16.7 Å². The van der Waals surface area contributed by atoms with Crippen LogP contribution >= 0.6 is 0 Å². The van der Waals surface area contributed by atoms with Crippen molar-refractivity contribution in [1.29, 1.82) is 0 Å². The van der Waals surface area contributed by atoms with Gasteiger partial charge in [0, 0.05) is 24.0 Å². The van der Waals surface area contributed by atoms with Gasteiger partial charge in [-0.2, -0.15) is 0 Å². The molecule has 0 radical (unpaired) electrons. The summed E-state index contributed by atoms with van der Waals surface area (Å²) in [6, 6.07) is 8.21. The number of aryl methyl sites for hydroxylation is 3. The van der Waals surface area contributed by atoms with Crippen molar-refractivity contribution in [2.24, 2.45) is 0 Å². The molecule has 0 unspecified atom stereocenters. The lowest BCUT2D eigenvalue weighted by atomic mass is 10.2. The van der Waals surface area contributed by atoms with Gasteiger partial charge in [-0.05, 0) is 69.4 Å². The van der Waals surface area contributed by atoms with E-state index >= 15 is 0 Å². The molecule has 0 atom stereocenters. The van der Waals surface area contributed by atoms with Crippen LogP contribution in [0.4, 0.5) is 0 Å². The Labute approximate surface area is 138 Å². The van der Waals surface area contributed by atoms with E-state index < -0.39 is 10.0 Å². The van der Waals surface area contributed by atoms with Crippen LogP contribution in [0.3, 0.4) is 0 Å². The van der Waals surface area contributed by atoms with Gasteiger partial charge in [0.1, 0.15) is 0 Å². The molecule has 2 aromatic rings. The molecule has 0 spiro atoms. The molecule has 1 aliphatic carbocycles. The van der Waals surface area contributed by atoms with Crippen LogP contribution in [-0.2, 0) is 16.6 Å². The van der Waals surface area contributed by atoms with Crippen LogP contribution in [0.5, 0.6) is 0 Å². The minimum Gasteiger partial charge on any atom is -0.346 e. The lowest BCUT2D eigenvalue weighted by Gasteiger charge is -2.11. The predicted molar refractivity (Wildman–Crippen MR) is 92.1 cm³/mol. The molecule has 4 nitrogen and oxygen atoms in total. The van der Waals surface area contributed by atoms with Crippen LogP contribution in [-0.4, -0.2) is 13.0 Å². The quantitative estimate of drug-likeness (QED) is 0.910. The molecule has 1 aromatic heterocycles. The average molecular weight is 332 g/mol. The zero-order valence-corrected chi connectivity index (χ0v) is 15.0. The molecule has 0 saturated heterocycles. The largest absolute Gasteiger partial charge is 0.346 e. The first-order valence-corrected chi connectivity index (χ1v) is 9.52. The summed E-state index contributed by atoms with van der Waals surface area (Å²) in [5, 5.41) is 0. The van der Waals surface area contributed by atoms with Crippen molar-refractivity contribution < 1.29 is 8.42 Å². The third-order valence-corrected chi connectivity index (χ3v) is 6.13. The molecule has 124 valence electrons. The van der Waals surface area contributed by atoms with Gasteiger partial charge in [-0.3, -0.25) is 0 Å². The van der Waals surface area contributed by atoms with E-state index in [1.54, 1.807) is 6.07 Å². The Morgan fingerprint density at radius 3 is 2.48 bits per heavy atom. The smallest absolute Gasteiger partial charge is 0.241 e. The predicted octanol–water partition coefficient (Wildman–Crippen LogP) is 3.54. The molecule has 1 aromatic carbocycles. The second-order valence-electron chi connectivity index (χ2n) is 6.59. The van der Waals surface area contributed by atoms with E-state index in [9.17, 15) is 8.42 Å². The van der Waals surface area contributed by atoms with Crippen molar-refractivity contribution in [2.75, 3.05) is 0 Å². The molecule has 3 rings (SSSR count). The molecule has 0 aliphatic heterocycles. The molecule has 1 fully saturated rings. The van der Waals surface area contributed by atoms with Crippen molar-refractivity contribution in [3.8, 4) is 0 Å². The van der Waals surface area contributed by atoms with Crippen LogP contribution in [0, 0.1) is 27.7 Å². The van der Waals surface area contributed by atoms with Crippen molar-refractivity contribution >= 4 is 10.0 Å². The van der Waals surface area contributed by atoms with Crippen molar-refractivity contribution in [3.05, 3.63) is 52.3 Å². The van der Waals surface area contributed by atoms with Crippen LogP contribution in [0.1, 0.15) is 47.0 Å². The highest BCUT2D eigenvalue weighted by Gasteiger charge is 2.27. The van der Waals surface area contributed by atoms with Gasteiger partial charge in [-0.15, -0.1) is 0 Å². The second kappa shape index (κ2) is 5.80. The van der Waals surface area contributed by atoms with E-state index in [4.69, 9.17) is 0 Å². The number of nitrogens with zero attached hydrogens (tertiary/aromatic N) is 1. The topological polar surface area (TPSA) is 51.1 Å². The van der Waals surface area contributed by atoms with Crippen LogP contribution in [0.25, 0.3) is 0 Å². The second-order valence-corrected chi connectivity index (χ2v) is 8.33. The van der Waals surface area contributed by atoms with Gasteiger partial charge in [-0.1, -0.05) is 12.1 Å². The van der Waals surface area contributed by atoms with Gasteiger partial charge < -0.3 is 4.57 Å². The molecule has 0 bridgehead atoms. The molecule has 1 heterocycles. The minimum atomic E-state index is -3.50. The van der Waals surface area contributed by atoms with Gasteiger partial charge in [0.25, 0.3) is 0 Å². The number of sulfonamides is 1. The van der Waals surface area contributed by atoms with E-state index in [1.165, 1.54) is 24.2 Å². The van der Waals surface area contributed by atoms with Crippen LogP contribution < -0.4 is 4.72 Å². The maximum absolute atomic E-state index is 12.6. The maximum atomic E-state index is 12.6. The minimum absolute atomic E-state index is 0.335. The molecule has 1 aliphatic rings. The summed E-state index contributed by atoms with van der Waals surface area (Å²) < 4.78 is 30.3. The fourth-order valence-electron chi connectivity index (χ4n) is 3.17. The normalized spacial score (nSPS) is 15.1. The summed E-state index contributed by atoms with van der Waals surface area (Å²) in [5.41, 5.74) is 5.16. The first kappa shape index (κ1) is 16.3. The lowest BCUT2D eigenvalue weighted by Crippen LogP contribution is -2.24. The van der Waals surface area contributed by atoms with Gasteiger partial charge >= 0.3 is 0 Å². The molecule has 1 N–H and O–H groups in total. The Morgan fingerprint density at radius 1 is 1.13 bits per heavy atom. The zero-order chi connectivity index (χ0) is 16.8. The van der Waals surface area contributed by atoms with E-state index in [-0.39, 0.29) is 0 Å². The zero-order valence-electron chi connectivity index (χ0n) is 14.2. The summed E-state index contributed by atoms with van der Waals surface area (Å²) >= 11 is 0.